The summed E-state index contributed by atoms with van der Waals surface area (Å²) < 4.78 is 8.13. The second kappa shape index (κ2) is 10.2. The summed E-state index contributed by atoms with van der Waals surface area (Å²) in [6.45, 7) is 4.16. The van der Waals surface area contributed by atoms with Gasteiger partial charge in [-0.2, -0.15) is 0 Å². The van der Waals surface area contributed by atoms with Crippen LogP contribution in [-0.2, 0) is 13.0 Å². The van der Waals surface area contributed by atoms with Crippen molar-refractivity contribution in [2.75, 3.05) is 13.1 Å². The van der Waals surface area contributed by atoms with Crippen LogP contribution in [0.4, 0.5) is 0 Å². The highest BCUT2D eigenvalue weighted by Gasteiger charge is 2.33. The molecule has 0 spiro atoms. The molecule has 4 aromatic rings. The van der Waals surface area contributed by atoms with E-state index >= 15 is 0 Å². The van der Waals surface area contributed by atoms with Gasteiger partial charge in [-0.15, -0.1) is 11.3 Å². The van der Waals surface area contributed by atoms with Gasteiger partial charge < -0.3 is 24.4 Å². The molecule has 1 aliphatic carbocycles. The molecular formula is C27H28ClN5O4S. The van der Waals surface area contributed by atoms with Gasteiger partial charge in [0.25, 0.3) is 5.91 Å². The average molecular weight is 554 g/mol. The first-order chi connectivity index (χ1) is 18.4. The molecule has 0 radical (unpaired) electrons. The smallest absolute Gasteiger partial charge is 0.335 e. The third kappa shape index (κ3) is 4.95. The van der Waals surface area contributed by atoms with Gasteiger partial charge in [0.1, 0.15) is 5.69 Å². The molecule has 11 heteroatoms. The predicted octanol–water partition coefficient (Wildman–Crippen LogP) is 5.07. The number of likely N-dealkylation sites (tertiary alicyclic amines) is 1. The molecule has 0 atom stereocenters. The second-order valence-corrected chi connectivity index (χ2v) is 11.7. The number of nitrogens with one attached hydrogen (secondary N) is 1. The Labute approximate surface area is 228 Å². The van der Waals surface area contributed by atoms with Gasteiger partial charge in [-0.05, 0) is 61.9 Å². The molecule has 2 fully saturated rings. The third-order valence-electron chi connectivity index (χ3n) is 7.38. The van der Waals surface area contributed by atoms with E-state index in [9.17, 15) is 14.7 Å². The Bertz CT molecular complexity index is 1510. The van der Waals surface area contributed by atoms with Gasteiger partial charge in [-0.1, -0.05) is 23.7 Å². The van der Waals surface area contributed by atoms with Gasteiger partial charge in [0.15, 0.2) is 11.6 Å². The predicted molar refractivity (Wildman–Crippen MR) is 145 cm³/mol. The fraction of sp³-hybridized carbons (Fsp3) is 0.407. The van der Waals surface area contributed by atoms with Gasteiger partial charge in [0.2, 0.25) is 0 Å². The molecule has 6 rings (SSSR count). The van der Waals surface area contributed by atoms with Crippen LogP contribution in [0.15, 0.2) is 34.9 Å². The lowest BCUT2D eigenvalue weighted by Crippen LogP contribution is -2.45. The van der Waals surface area contributed by atoms with E-state index in [0.717, 1.165) is 47.9 Å². The summed E-state index contributed by atoms with van der Waals surface area (Å²) in [4.78, 5) is 33.4. The monoisotopic (exact) mass is 553 g/mol. The Hall–Kier alpha value is -3.21. The Balaban J connectivity index is 1.33. The van der Waals surface area contributed by atoms with E-state index in [1.54, 1.807) is 6.07 Å². The molecule has 2 aliphatic rings. The SMILES string of the molecule is CCc1cc(C(=O)O)cc2nc(C(=O)NC3CCN(C4CC4)CC3)n(Cc3cc(-c4ccc(Cl)s4)no3)c12. The Morgan fingerprint density at radius 1 is 1.18 bits per heavy atom. The number of hydrogen-bond donors (Lipinski definition) is 2. The second-order valence-electron chi connectivity index (χ2n) is 9.98. The maximum absolute atomic E-state index is 13.6. The summed E-state index contributed by atoms with van der Waals surface area (Å²) in [5, 5.41) is 17.0. The zero-order valence-electron chi connectivity index (χ0n) is 20.9. The summed E-state index contributed by atoms with van der Waals surface area (Å²) >= 11 is 7.50. The van der Waals surface area contributed by atoms with Gasteiger partial charge in [0, 0.05) is 31.2 Å². The molecule has 1 amide bonds. The minimum absolute atomic E-state index is 0.0754. The van der Waals surface area contributed by atoms with Crippen LogP contribution in [0.3, 0.4) is 0 Å². The fourth-order valence-corrected chi connectivity index (χ4v) is 6.28. The van der Waals surface area contributed by atoms with Crippen molar-refractivity contribution < 1.29 is 19.2 Å². The molecule has 0 bridgehead atoms. The van der Waals surface area contributed by atoms with Crippen molar-refractivity contribution in [1.82, 2.24) is 24.9 Å². The molecule has 4 heterocycles. The number of aromatic carboxylic acids is 1. The summed E-state index contributed by atoms with van der Waals surface area (Å²) in [6.07, 6.45) is 4.95. The number of aryl methyl sites for hydroxylation is 1. The first-order valence-corrected chi connectivity index (χ1v) is 14.1. The first kappa shape index (κ1) is 25.1. The lowest BCUT2D eigenvalue weighted by molar-refractivity contribution is 0.0696. The maximum atomic E-state index is 13.6. The quantitative estimate of drug-likeness (QED) is 0.313. The van der Waals surface area contributed by atoms with Crippen molar-refractivity contribution in [3.05, 3.63) is 57.4 Å². The largest absolute Gasteiger partial charge is 0.478 e. The summed E-state index contributed by atoms with van der Waals surface area (Å²) in [6, 6.07) is 9.51. The van der Waals surface area contributed by atoms with Crippen LogP contribution in [0.25, 0.3) is 21.6 Å². The molecule has 0 unspecified atom stereocenters. The van der Waals surface area contributed by atoms with Crippen LogP contribution in [0.1, 0.15) is 64.9 Å². The number of rotatable bonds is 8. The van der Waals surface area contributed by atoms with Crippen LogP contribution < -0.4 is 5.32 Å². The van der Waals surface area contributed by atoms with Crippen molar-refractivity contribution in [2.24, 2.45) is 0 Å². The van der Waals surface area contributed by atoms with E-state index in [-0.39, 0.29) is 29.9 Å². The zero-order chi connectivity index (χ0) is 26.4. The Morgan fingerprint density at radius 2 is 1.97 bits per heavy atom. The molecule has 2 N–H and O–H groups in total. The van der Waals surface area contributed by atoms with E-state index in [1.807, 2.05) is 29.7 Å². The minimum Gasteiger partial charge on any atom is -0.478 e. The minimum atomic E-state index is -1.03. The lowest BCUT2D eigenvalue weighted by atomic mass is 10.0. The lowest BCUT2D eigenvalue weighted by Gasteiger charge is -2.32. The number of nitrogens with zero attached hydrogens (tertiary/aromatic N) is 4. The zero-order valence-corrected chi connectivity index (χ0v) is 22.5. The van der Waals surface area contributed by atoms with Crippen LogP contribution in [0.5, 0.6) is 0 Å². The van der Waals surface area contributed by atoms with Crippen LogP contribution >= 0.6 is 22.9 Å². The molecule has 3 aromatic heterocycles. The summed E-state index contributed by atoms with van der Waals surface area (Å²) in [5.41, 5.74) is 2.81. The van der Waals surface area contributed by atoms with E-state index < -0.39 is 5.97 Å². The molecule has 198 valence electrons. The number of carbonyl (C=O) groups excluding carboxylic acids is 1. The molecule has 1 aromatic carbocycles. The number of piperidine rings is 1. The van der Waals surface area contributed by atoms with Gasteiger partial charge in [-0.3, -0.25) is 4.79 Å². The Morgan fingerprint density at radius 3 is 2.63 bits per heavy atom. The summed E-state index contributed by atoms with van der Waals surface area (Å²) in [5.74, 6) is -0.507. The van der Waals surface area contributed by atoms with Gasteiger partial charge in [0.05, 0.1) is 32.4 Å². The number of aromatic nitrogens is 3. The number of hydrogen-bond acceptors (Lipinski definition) is 7. The normalized spacial score (nSPS) is 16.8. The van der Waals surface area contributed by atoms with Crippen molar-refractivity contribution in [1.29, 1.82) is 0 Å². The first-order valence-electron chi connectivity index (χ1n) is 12.9. The maximum Gasteiger partial charge on any atom is 0.335 e. The number of carboxylic acids is 1. The highest BCUT2D eigenvalue weighted by atomic mass is 35.5. The molecule has 38 heavy (non-hydrogen) atoms. The fourth-order valence-electron chi connectivity index (χ4n) is 5.29. The number of imidazole rings is 1. The van der Waals surface area contributed by atoms with E-state index in [0.29, 0.717) is 27.7 Å². The van der Waals surface area contributed by atoms with Crippen molar-refractivity contribution in [2.45, 2.75) is 57.7 Å². The Kier molecular flexibility index (Phi) is 6.71. The van der Waals surface area contributed by atoms with Gasteiger partial charge in [-0.25, -0.2) is 9.78 Å². The number of amides is 1. The van der Waals surface area contributed by atoms with Crippen LogP contribution in [0.2, 0.25) is 4.34 Å². The molecule has 1 aliphatic heterocycles. The number of fused-ring (bicyclic) bond motifs is 1. The molecule has 1 saturated carbocycles. The van der Waals surface area contributed by atoms with Crippen molar-refractivity contribution in [3.63, 3.8) is 0 Å². The van der Waals surface area contributed by atoms with E-state index in [4.69, 9.17) is 16.1 Å². The van der Waals surface area contributed by atoms with Crippen LogP contribution in [0, 0.1) is 0 Å². The third-order valence-corrected chi connectivity index (χ3v) is 8.63. The number of carboxylic acid groups (broad SMARTS) is 1. The van der Waals surface area contributed by atoms with E-state index in [2.05, 4.69) is 20.4 Å². The van der Waals surface area contributed by atoms with Crippen molar-refractivity contribution in [3.8, 4) is 10.6 Å². The highest BCUT2D eigenvalue weighted by molar-refractivity contribution is 7.19. The number of thiophene rings is 1. The van der Waals surface area contributed by atoms with Crippen LogP contribution in [-0.4, -0.2) is 61.8 Å². The average Bonchev–Trinajstić information content (AvgIpc) is 3.32. The topological polar surface area (TPSA) is 113 Å². The van der Waals surface area contributed by atoms with E-state index in [1.165, 1.54) is 30.2 Å². The molecule has 1 saturated heterocycles. The number of halogens is 1. The highest BCUT2D eigenvalue weighted by Crippen LogP contribution is 2.32. The summed E-state index contributed by atoms with van der Waals surface area (Å²) in [7, 11) is 0. The van der Waals surface area contributed by atoms with Crippen molar-refractivity contribution >= 4 is 45.8 Å². The number of benzene rings is 1. The molecular weight excluding hydrogens is 526 g/mol. The number of carbonyl (C=O) groups is 2. The van der Waals surface area contributed by atoms with Gasteiger partial charge >= 0.3 is 5.97 Å². The molecule has 9 nitrogen and oxygen atoms in total. The standard InChI is InChI=1S/C27H28ClN5O4S/c1-2-15-11-16(27(35)36)12-21-24(15)33(14-19-13-20(31-37-19)22-5-6-23(28)38-22)25(30-21)26(34)29-17-7-9-32(10-8-17)18-3-4-18/h5-6,11-13,17-18H,2-4,7-10,14H2,1H3,(H,29,34)(H,35,36).